The van der Waals surface area contributed by atoms with Gasteiger partial charge in [-0.1, -0.05) is 25.8 Å². The van der Waals surface area contributed by atoms with Gasteiger partial charge in [0.25, 0.3) is 0 Å². The fraction of sp³-hybridized carbons (Fsp3) is 0.500. The van der Waals surface area contributed by atoms with Crippen molar-refractivity contribution in [2.24, 2.45) is 0 Å². The van der Waals surface area contributed by atoms with Crippen LogP contribution in [0.5, 0.6) is 11.5 Å². The third-order valence-corrected chi connectivity index (χ3v) is 5.05. The summed E-state index contributed by atoms with van der Waals surface area (Å²) < 4.78 is 11.4. The van der Waals surface area contributed by atoms with Crippen molar-refractivity contribution in [1.82, 2.24) is 10.2 Å². The standard InChI is InChI=1S/C20H28N2O3S/c1-6-7-8-11-25-16-10-9-15(12-17(16)24-5)19-18(14(3)23)13(2)22(4)20(26)21-19/h9-10,12,19H,6-8,11H2,1-5H3,(H,21,26). The number of hydrogen-bond acceptors (Lipinski definition) is 4. The van der Waals surface area contributed by atoms with Gasteiger partial charge in [0, 0.05) is 18.3 Å². The number of benzene rings is 1. The van der Waals surface area contributed by atoms with Crippen molar-refractivity contribution in [3.63, 3.8) is 0 Å². The number of Topliss-reactive ketones (excluding diaryl/α,β-unsaturated/α-hetero) is 1. The molecule has 0 fully saturated rings. The maximum atomic E-state index is 12.2. The number of ketones is 1. The minimum Gasteiger partial charge on any atom is -0.493 e. The lowest BCUT2D eigenvalue weighted by Gasteiger charge is -2.35. The molecule has 26 heavy (non-hydrogen) atoms. The van der Waals surface area contributed by atoms with Gasteiger partial charge in [0.2, 0.25) is 0 Å². The third-order valence-electron chi connectivity index (χ3n) is 4.66. The van der Waals surface area contributed by atoms with Gasteiger partial charge in [0.15, 0.2) is 22.4 Å². The van der Waals surface area contributed by atoms with E-state index in [-0.39, 0.29) is 11.8 Å². The highest BCUT2D eigenvalue weighted by Gasteiger charge is 2.31. The van der Waals surface area contributed by atoms with Crippen LogP contribution in [-0.2, 0) is 4.79 Å². The van der Waals surface area contributed by atoms with E-state index in [1.807, 2.05) is 37.1 Å². The van der Waals surface area contributed by atoms with Gasteiger partial charge >= 0.3 is 0 Å². The molecule has 0 aromatic heterocycles. The highest BCUT2D eigenvalue weighted by molar-refractivity contribution is 7.80. The molecule has 1 atom stereocenters. The maximum absolute atomic E-state index is 12.2. The molecular formula is C20H28N2O3S. The van der Waals surface area contributed by atoms with Crippen LogP contribution in [0.2, 0.25) is 0 Å². The van der Waals surface area contributed by atoms with Gasteiger partial charge in [-0.05, 0) is 50.2 Å². The number of unbranched alkanes of at least 4 members (excludes halogenated alkanes) is 2. The van der Waals surface area contributed by atoms with Crippen molar-refractivity contribution in [1.29, 1.82) is 0 Å². The molecule has 1 unspecified atom stereocenters. The lowest BCUT2D eigenvalue weighted by atomic mass is 9.92. The van der Waals surface area contributed by atoms with E-state index in [0.717, 1.165) is 30.5 Å². The summed E-state index contributed by atoms with van der Waals surface area (Å²) in [5.41, 5.74) is 2.49. The van der Waals surface area contributed by atoms with E-state index in [4.69, 9.17) is 21.7 Å². The van der Waals surface area contributed by atoms with Crippen molar-refractivity contribution in [2.75, 3.05) is 20.8 Å². The number of methoxy groups -OCH3 is 1. The Hall–Kier alpha value is -2.08. The highest BCUT2D eigenvalue weighted by Crippen LogP contribution is 2.35. The van der Waals surface area contributed by atoms with E-state index in [9.17, 15) is 4.79 Å². The lowest BCUT2D eigenvalue weighted by Crippen LogP contribution is -2.45. The minimum atomic E-state index is -0.292. The summed E-state index contributed by atoms with van der Waals surface area (Å²) in [4.78, 5) is 14.1. The molecular weight excluding hydrogens is 348 g/mol. The number of carbonyl (C=O) groups is 1. The van der Waals surface area contributed by atoms with Crippen LogP contribution in [0.1, 0.15) is 51.6 Å². The fourth-order valence-electron chi connectivity index (χ4n) is 3.06. The molecule has 1 N–H and O–H groups in total. The quantitative estimate of drug-likeness (QED) is 0.547. The summed E-state index contributed by atoms with van der Waals surface area (Å²) in [5, 5.41) is 3.85. The van der Waals surface area contributed by atoms with E-state index in [1.165, 1.54) is 0 Å². The van der Waals surface area contributed by atoms with Crippen LogP contribution < -0.4 is 14.8 Å². The number of carbonyl (C=O) groups excluding carboxylic acids is 1. The summed E-state index contributed by atoms with van der Waals surface area (Å²) in [6.45, 7) is 6.33. The van der Waals surface area contributed by atoms with E-state index in [1.54, 1.807) is 14.0 Å². The zero-order valence-corrected chi connectivity index (χ0v) is 17.0. The molecule has 0 saturated carbocycles. The van der Waals surface area contributed by atoms with Crippen molar-refractivity contribution in [3.8, 4) is 11.5 Å². The van der Waals surface area contributed by atoms with Gasteiger partial charge in [-0.2, -0.15) is 0 Å². The molecule has 1 aliphatic heterocycles. The Morgan fingerprint density at radius 1 is 1.31 bits per heavy atom. The Labute approximate surface area is 161 Å². The largest absolute Gasteiger partial charge is 0.493 e. The summed E-state index contributed by atoms with van der Waals surface area (Å²) in [6.07, 6.45) is 3.31. The summed E-state index contributed by atoms with van der Waals surface area (Å²) in [7, 11) is 3.48. The molecule has 2 rings (SSSR count). The molecule has 6 heteroatoms. The molecule has 0 spiro atoms. The van der Waals surface area contributed by atoms with Crippen LogP contribution in [0.3, 0.4) is 0 Å². The van der Waals surface area contributed by atoms with Gasteiger partial charge in [-0.25, -0.2) is 0 Å². The Morgan fingerprint density at radius 2 is 2.04 bits per heavy atom. The van der Waals surface area contributed by atoms with E-state index in [0.29, 0.717) is 28.8 Å². The molecule has 1 aromatic carbocycles. The van der Waals surface area contributed by atoms with E-state index in [2.05, 4.69) is 12.2 Å². The smallest absolute Gasteiger partial charge is 0.173 e. The average molecular weight is 377 g/mol. The molecule has 0 radical (unpaired) electrons. The van der Waals surface area contributed by atoms with E-state index >= 15 is 0 Å². The first-order chi connectivity index (χ1) is 12.4. The molecule has 0 bridgehead atoms. The average Bonchev–Trinajstić information content (AvgIpc) is 2.62. The zero-order chi connectivity index (χ0) is 19.3. The van der Waals surface area contributed by atoms with Gasteiger partial charge in [0.1, 0.15) is 0 Å². The van der Waals surface area contributed by atoms with Crippen molar-refractivity contribution >= 4 is 23.1 Å². The van der Waals surface area contributed by atoms with Crippen LogP contribution in [0, 0.1) is 0 Å². The van der Waals surface area contributed by atoms with Crippen LogP contribution in [0.4, 0.5) is 0 Å². The normalized spacial score (nSPS) is 17.2. The second-order valence-electron chi connectivity index (χ2n) is 6.46. The lowest BCUT2D eigenvalue weighted by molar-refractivity contribution is -0.114. The zero-order valence-electron chi connectivity index (χ0n) is 16.2. The number of nitrogens with one attached hydrogen (secondary N) is 1. The molecule has 0 amide bonds. The van der Waals surface area contributed by atoms with E-state index < -0.39 is 0 Å². The number of ether oxygens (including phenoxy) is 2. The van der Waals surface area contributed by atoms with Crippen LogP contribution in [0.15, 0.2) is 29.5 Å². The molecule has 1 heterocycles. The second-order valence-corrected chi connectivity index (χ2v) is 6.85. The number of allylic oxidation sites excluding steroid dienone is 1. The maximum Gasteiger partial charge on any atom is 0.173 e. The summed E-state index contributed by atoms with van der Waals surface area (Å²) in [6, 6.07) is 5.48. The van der Waals surface area contributed by atoms with Gasteiger partial charge in [-0.3, -0.25) is 4.79 Å². The molecule has 0 saturated heterocycles. The minimum absolute atomic E-state index is 0.0215. The number of hydrogen-bond donors (Lipinski definition) is 1. The van der Waals surface area contributed by atoms with Crippen molar-refractivity contribution in [3.05, 3.63) is 35.0 Å². The Kier molecular flexibility index (Phi) is 7.03. The van der Waals surface area contributed by atoms with Gasteiger partial charge in [-0.15, -0.1) is 0 Å². The first kappa shape index (κ1) is 20.2. The van der Waals surface area contributed by atoms with Crippen LogP contribution in [-0.4, -0.2) is 36.6 Å². The fourth-order valence-corrected chi connectivity index (χ4v) is 3.31. The van der Waals surface area contributed by atoms with Crippen molar-refractivity contribution in [2.45, 2.75) is 46.1 Å². The molecule has 1 aromatic rings. The molecule has 5 nitrogen and oxygen atoms in total. The van der Waals surface area contributed by atoms with Crippen LogP contribution in [0.25, 0.3) is 0 Å². The molecule has 1 aliphatic rings. The summed E-state index contributed by atoms with van der Waals surface area (Å²) >= 11 is 5.40. The molecule has 0 aliphatic carbocycles. The van der Waals surface area contributed by atoms with Crippen molar-refractivity contribution < 1.29 is 14.3 Å². The van der Waals surface area contributed by atoms with Gasteiger partial charge in [0.05, 0.1) is 19.8 Å². The first-order valence-corrected chi connectivity index (χ1v) is 9.38. The predicted molar refractivity (Wildman–Crippen MR) is 108 cm³/mol. The summed E-state index contributed by atoms with van der Waals surface area (Å²) in [5.74, 6) is 1.40. The number of thiocarbonyl (C=S) groups is 1. The first-order valence-electron chi connectivity index (χ1n) is 8.97. The second kappa shape index (κ2) is 9.03. The van der Waals surface area contributed by atoms with Crippen LogP contribution >= 0.6 is 12.2 Å². The number of rotatable bonds is 8. The predicted octanol–water partition coefficient (Wildman–Crippen LogP) is 3.99. The Balaban J connectivity index is 2.32. The Morgan fingerprint density at radius 3 is 2.65 bits per heavy atom. The SMILES string of the molecule is CCCCCOc1ccc(C2NC(=S)N(C)C(C)=C2C(C)=O)cc1OC. The molecule has 142 valence electrons. The number of nitrogens with zero attached hydrogens (tertiary/aromatic N) is 1. The highest BCUT2D eigenvalue weighted by atomic mass is 32.1. The monoisotopic (exact) mass is 376 g/mol. The van der Waals surface area contributed by atoms with Gasteiger partial charge < -0.3 is 19.7 Å². The topological polar surface area (TPSA) is 50.8 Å². The Bertz CT molecular complexity index is 715. The third kappa shape index (κ3) is 4.36.